The quantitative estimate of drug-likeness (QED) is 0.208. The molecule has 2 N–H and O–H groups in total. The molecule has 0 atom stereocenters. The summed E-state index contributed by atoms with van der Waals surface area (Å²) in [5, 5.41) is 27.2. The average molecular weight is 594 g/mol. The normalized spacial score (nSPS) is 14.9. The van der Waals surface area contributed by atoms with Gasteiger partial charge in [0, 0.05) is 29.6 Å². The fraction of sp³-hybridized carbons (Fsp3) is 0.265. The Kier molecular flexibility index (Phi) is 7.90. The van der Waals surface area contributed by atoms with Crippen molar-refractivity contribution in [2.75, 3.05) is 0 Å². The molecule has 1 fully saturated rings. The largest absolute Gasteiger partial charge is 0.508 e. The number of nitrogens with zero attached hydrogens (tertiary/aromatic N) is 5. The van der Waals surface area contributed by atoms with Gasteiger partial charge < -0.3 is 10.2 Å². The SMILES string of the molecule is CC(=Nn1c(-c2ccc(C3CCCCC3)cc2)csc1=Nc1c(C)n(C)n(-c2ccccc2)c1=O)c1ccc(O)cc1O. The molecule has 2 heterocycles. The molecule has 1 saturated carbocycles. The van der Waals surface area contributed by atoms with Crippen molar-refractivity contribution in [2.45, 2.75) is 51.9 Å². The third kappa shape index (κ3) is 5.60. The molecule has 0 bridgehead atoms. The van der Waals surface area contributed by atoms with E-state index in [0.29, 0.717) is 27.7 Å². The Hall–Kier alpha value is -4.63. The fourth-order valence-corrected chi connectivity index (χ4v) is 6.68. The van der Waals surface area contributed by atoms with E-state index in [2.05, 4.69) is 24.3 Å². The Morgan fingerprint density at radius 1 is 0.953 bits per heavy atom. The van der Waals surface area contributed by atoms with E-state index < -0.39 is 0 Å². The first kappa shape index (κ1) is 28.5. The van der Waals surface area contributed by atoms with Gasteiger partial charge >= 0.3 is 0 Å². The van der Waals surface area contributed by atoms with Crippen LogP contribution in [0.5, 0.6) is 11.5 Å². The highest BCUT2D eigenvalue weighted by atomic mass is 32.1. The van der Waals surface area contributed by atoms with E-state index >= 15 is 0 Å². The maximum absolute atomic E-state index is 13.7. The number of aromatic hydroxyl groups is 2. The molecule has 0 unspecified atom stereocenters. The first-order valence-electron chi connectivity index (χ1n) is 14.6. The van der Waals surface area contributed by atoms with Crippen LogP contribution in [-0.2, 0) is 7.05 Å². The molecule has 2 aromatic heterocycles. The molecule has 9 heteroatoms. The van der Waals surface area contributed by atoms with Gasteiger partial charge in [0.1, 0.15) is 11.5 Å². The van der Waals surface area contributed by atoms with Crippen molar-refractivity contribution < 1.29 is 10.2 Å². The zero-order chi connectivity index (χ0) is 30.1. The molecular weight excluding hydrogens is 558 g/mol. The van der Waals surface area contributed by atoms with Crippen LogP contribution in [-0.4, -0.2) is 30.0 Å². The minimum Gasteiger partial charge on any atom is -0.508 e. The molecule has 3 aromatic carbocycles. The van der Waals surface area contributed by atoms with Gasteiger partial charge in [-0.25, -0.2) is 14.4 Å². The smallest absolute Gasteiger partial charge is 0.297 e. The van der Waals surface area contributed by atoms with Gasteiger partial charge in [-0.2, -0.15) is 5.10 Å². The van der Waals surface area contributed by atoms with Gasteiger partial charge in [0.2, 0.25) is 4.80 Å². The first-order valence-corrected chi connectivity index (χ1v) is 15.5. The van der Waals surface area contributed by atoms with E-state index in [1.54, 1.807) is 22.3 Å². The maximum atomic E-state index is 13.7. The minimum atomic E-state index is -0.221. The summed E-state index contributed by atoms with van der Waals surface area (Å²) in [5.74, 6) is 0.507. The molecule has 0 spiro atoms. The zero-order valence-electron chi connectivity index (χ0n) is 24.6. The van der Waals surface area contributed by atoms with Crippen molar-refractivity contribution in [3.8, 4) is 28.4 Å². The van der Waals surface area contributed by atoms with Gasteiger partial charge in [-0.3, -0.25) is 9.48 Å². The van der Waals surface area contributed by atoms with Crippen LogP contribution in [0.2, 0.25) is 0 Å². The summed E-state index contributed by atoms with van der Waals surface area (Å²) < 4.78 is 5.16. The van der Waals surface area contributed by atoms with Crippen molar-refractivity contribution in [1.29, 1.82) is 0 Å². The topological polar surface area (TPSA) is 97.0 Å². The summed E-state index contributed by atoms with van der Waals surface area (Å²) in [6.45, 7) is 3.68. The molecule has 43 heavy (non-hydrogen) atoms. The lowest BCUT2D eigenvalue weighted by Gasteiger charge is -2.22. The number of benzene rings is 3. The van der Waals surface area contributed by atoms with Crippen LogP contribution in [0.3, 0.4) is 0 Å². The highest BCUT2D eigenvalue weighted by Gasteiger charge is 2.19. The summed E-state index contributed by atoms with van der Waals surface area (Å²) in [6.07, 6.45) is 6.35. The number of hydrogen-bond donors (Lipinski definition) is 2. The Balaban J connectivity index is 1.50. The van der Waals surface area contributed by atoms with Crippen LogP contribution in [0.1, 0.15) is 61.8 Å². The molecule has 220 valence electrons. The second-order valence-electron chi connectivity index (χ2n) is 11.1. The monoisotopic (exact) mass is 593 g/mol. The number of para-hydroxylation sites is 1. The van der Waals surface area contributed by atoms with Gasteiger partial charge in [-0.1, -0.05) is 61.7 Å². The lowest BCUT2D eigenvalue weighted by Crippen LogP contribution is -2.20. The first-order chi connectivity index (χ1) is 20.8. The standard InChI is InChI=1S/C34H35N5O3S/c1-22(29-19-18-28(40)20-31(29)41)36-38-30(26-16-14-25(15-17-26)24-10-6-4-7-11-24)21-43-34(38)35-32-23(2)37(3)39(33(32)42)27-12-8-5-9-13-27/h5,8-9,12-21,24,40-41H,4,6-7,10-11H2,1-3H3. The number of phenolic OH excluding ortho intramolecular Hbond substituents is 2. The molecule has 5 aromatic rings. The molecule has 0 radical (unpaired) electrons. The molecule has 1 aliphatic rings. The molecule has 8 nitrogen and oxygen atoms in total. The molecule has 0 aliphatic heterocycles. The van der Waals surface area contributed by atoms with Crippen molar-refractivity contribution in [1.82, 2.24) is 14.0 Å². The van der Waals surface area contributed by atoms with Crippen LogP contribution >= 0.6 is 11.3 Å². The third-order valence-electron chi connectivity index (χ3n) is 8.32. The summed E-state index contributed by atoms with van der Waals surface area (Å²) in [5.41, 5.74) is 5.79. The summed E-state index contributed by atoms with van der Waals surface area (Å²) in [7, 11) is 1.85. The Bertz CT molecular complexity index is 1920. The van der Waals surface area contributed by atoms with Gasteiger partial charge in [-0.05, 0) is 62.4 Å². The second kappa shape index (κ2) is 11.9. The predicted octanol–water partition coefficient (Wildman–Crippen LogP) is 6.98. The van der Waals surface area contributed by atoms with Crippen LogP contribution in [0.4, 0.5) is 5.69 Å². The molecular formula is C34H35N5O3S. The molecule has 0 saturated heterocycles. The van der Waals surface area contributed by atoms with Crippen LogP contribution < -0.4 is 10.4 Å². The molecule has 0 amide bonds. The molecule has 6 rings (SSSR count). The van der Waals surface area contributed by atoms with Gasteiger partial charge in [0.25, 0.3) is 5.56 Å². The second-order valence-corrected chi connectivity index (χ2v) is 11.9. The number of phenols is 2. The van der Waals surface area contributed by atoms with Gasteiger partial charge in [-0.15, -0.1) is 11.3 Å². The number of aromatic nitrogens is 3. The highest BCUT2D eigenvalue weighted by molar-refractivity contribution is 7.07. The highest BCUT2D eigenvalue weighted by Crippen LogP contribution is 2.34. The van der Waals surface area contributed by atoms with E-state index in [9.17, 15) is 15.0 Å². The zero-order valence-corrected chi connectivity index (χ0v) is 25.4. The Labute approximate surface area is 254 Å². The number of thiazole rings is 1. The average Bonchev–Trinajstić information content (AvgIpc) is 3.50. The third-order valence-corrected chi connectivity index (χ3v) is 9.14. The Morgan fingerprint density at radius 3 is 2.37 bits per heavy atom. The van der Waals surface area contributed by atoms with Crippen molar-refractivity contribution >= 4 is 22.7 Å². The van der Waals surface area contributed by atoms with E-state index in [4.69, 9.17) is 10.1 Å². The number of rotatable bonds is 6. The maximum Gasteiger partial charge on any atom is 0.297 e. The summed E-state index contributed by atoms with van der Waals surface area (Å²) >= 11 is 1.40. The van der Waals surface area contributed by atoms with E-state index in [-0.39, 0.29) is 17.1 Å². The minimum absolute atomic E-state index is 0.0269. The van der Waals surface area contributed by atoms with Crippen molar-refractivity contribution in [2.24, 2.45) is 17.1 Å². The summed E-state index contributed by atoms with van der Waals surface area (Å²) in [6, 6.07) is 22.6. The van der Waals surface area contributed by atoms with E-state index in [0.717, 1.165) is 22.6 Å². The summed E-state index contributed by atoms with van der Waals surface area (Å²) in [4.78, 5) is 19.1. The van der Waals surface area contributed by atoms with Crippen molar-refractivity contribution in [3.63, 3.8) is 0 Å². The van der Waals surface area contributed by atoms with Crippen LogP contribution in [0, 0.1) is 6.92 Å². The van der Waals surface area contributed by atoms with Crippen LogP contribution in [0.25, 0.3) is 16.9 Å². The molecule has 1 aliphatic carbocycles. The number of hydrogen-bond acceptors (Lipinski definition) is 6. The van der Waals surface area contributed by atoms with Crippen LogP contribution in [0.15, 0.2) is 93.1 Å². The fourth-order valence-electron chi connectivity index (χ4n) is 5.84. The Morgan fingerprint density at radius 2 is 1.67 bits per heavy atom. The van der Waals surface area contributed by atoms with Gasteiger partial charge in [0.15, 0.2) is 5.69 Å². The predicted molar refractivity (Wildman–Crippen MR) is 172 cm³/mol. The lowest BCUT2D eigenvalue weighted by molar-refractivity contribution is 0.443. The lowest BCUT2D eigenvalue weighted by atomic mass is 9.84. The van der Waals surface area contributed by atoms with E-state index in [1.807, 2.05) is 54.4 Å². The van der Waals surface area contributed by atoms with E-state index in [1.165, 1.54) is 61.1 Å². The van der Waals surface area contributed by atoms with Crippen molar-refractivity contribution in [3.05, 3.63) is 110 Å². The van der Waals surface area contributed by atoms with Gasteiger partial charge in [0.05, 0.1) is 22.8 Å².